The predicted octanol–water partition coefficient (Wildman–Crippen LogP) is 3.09. The van der Waals surface area contributed by atoms with Gasteiger partial charge in [-0.2, -0.15) is 15.0 Å². The monoisotopic (exact) mass is 308 g/mol. The van der Waals surface area contributed by atoms with Crippen molar-refractivity contribution in [3.63, 3.8) is 0 Å². The molecule has 0 N–H and O–H groups in total. The van der Waals surface area contributed by atoms with E-state index >= 15 is 0 Å². The van der Waals surface area contributed by atoms with Crippen LogP contribution in [-0.2, 0) is 0 Å². The summed E-state index contributed by atoms with van der Waals surface area (Å²) in [6.45, 7) is 2.54. The fourth-order valence-electron chi connectivity index (χ4n) is 1.65. The zero-order valence-electron chi connectivity index (χ0n) is 12.2. The van der Waals surface area contributed by atoms with Crippen LogP contribution in [0.2, 0.25) is 5.28 Å². The molecule has 0 unspecified atom stereocenters. The Balaban J connectivity index is 2.24. The summed E-state index contributed by atoms with van der Waals surface area (Å²) >= 11 is 5.92. The molecule has 0 aliphatic carbocycles. The van der Waals surface area contributed by atoms with Gasteiger partial charge in [0.2, 0.25) is 11.2 Å². The summed E-state index contributed by atoms with van der Waals surface area (Å²) in [5.41, 5.74) is 0.902. The van der Waals surface area contributed by atoms with E-state index in [0.29, 0.717) is 12.6 Å². The zero-order chi connectivity index (χ0) is 15.2. The highest BCUT2D eigenvalue weighted by Gasteiger charge is 2.12. The number of anilines is 2. The molecule has 6 nitrogen and oxygen atoms in total. The van der Waals surface area contributed by atoms with Crippen LogP contribution in [0.25, 0.3) is 0 Å². The number of benzene rings is 1. The van der Waals surface area contributed by atoms with Crippen LogP contribution >= 0.6 is 11.6 Å². The molecular formula is C14H17ClN4O2. The Morgan fingerprint density at radius 1 is 1.14 bits per heavy atom. The molecule has 0 aliphatic heterocycles. The molecule has 0 bridgehead atoms. The van der Waals surface area contributed by atoms with Gasteiger partial charge < -0.3 is 14.4 Å². The fraction of sp³-hybridized carbons (Fsp3) is 0.357. The van der Waals surface area contributed by atoms with Gasteiger partial charge >= 0.3 is 6.01 Å². The minimum absolute atomic E-state index is 0.103. The minimum atomic E-state index is 0.103. The zero-order valence-corrected chi connectivity index (χ0v) is 13.0. The molecule has 2 rings (SSSR count). The largest absolute Gasteiger partial charge is 0.497 e. The van der Waals surface area contributed by atoms with Crippen LogP contribution in [0.15, 0.2) is 24.3 Å². The maximum atomic E-state index is 5.92. The van der Waals surface area contributed by atoms with E-state index in [1.807, 2.05) is 38.2 Å². The van der Waals surface area contributed by atoms with Crippen LogP contribution in [0, 0.1) is 0 Å². The summed E-state index contributed by atoms with van der Waals surface area (Å²) in [7, 11) is 3.47. The summed E-state index contributed by atoms with van der Waals surface area (Å²) in [5, 5.41) is 0.103. The molecule has 1 heterocycles. The van der Waals surface area contributed by atoms with E-state index in [1.54, 1.807) is 12.0 Å². The number of nitrogens with zero attached hydrogens (tertiary/aromatic N) is 4. The topological polar surface area (TPSA) is 60.4 Å². The van der Waals surface area contributed by atoms with Crippen LogP contribution < -0.4 is 14.4 Å². The summed E-state index contributed by atoms with van der Waals surface area (Å²) in [6.07, 6.45) is 0.868. The van der Waals surface area contributed by atoms with Gasteiger partial charge in [-0.15, -0.1) is 0 Å². The average Bonchev–Trinajstić information content (AvgIpc) is 2.51. The lowest BCUT2D eigenvalue weighted by atomic mass is 10.3. The highest BCUT2D eigenvalue weighted by Crippen LogP contribution is 2.24. The molecule has 112 valence electrons. The van der Waals surface area contributed by atoms with Gasteiger partial charge in [-0.25, -0.2) is 0 Å². The first-order valence-corrected chi connectivity index (χ1v) is 6.94. The molecule has 0 radical (unpaired) electrons. The Morgan fingerprint density at radius 2 is 1.86 bits per heavy atom. The third kappa shape index (κ3) is 3.95. The minimum Gasteiger partial charge on any atom is -0.497 e. The molecule has 1 aromatic heterocycles. The number of rotatable bonds is 6. The van der Waals surface area contributed by atoms with E-state index in [4.69, 9.17) is 21.1 Å². The van der Waals surface area contributed by atoms with Gasteiger partial charge in [0.25, 0.3) is 0 Å². The van der Waals surface area contributed by atoms with Crippen molar-refractivity contribution in [3.05, 3.63) is 29.5 Å². The normalized spacial score (nSPS) is 10.3. The van der Waals surface area contributed by atoms with Crippen LogP contribution in [0.1, 0.15) is 13.3 Å². The van der Waals surface area contributed by atoms with Crippen molar-refractivity contribution >= 4 is 23.2 Å². The van der Waals surface area contributed by atoms with Crippen LogP contribution in [0.3, 0.4) is 0 Å². The maximum Gasteiger partial charge on any atom is 0.322 e. The standard InChI is InChI=1S/C14H17ClN4O2/c1-4-9-21-14-17-12(15)16-13(18-14)19(2)10-5-7-11(20-3)8-6-10/h5-8H,4,9H2,1-3H3. The number of ether oxygens (including phenoxy) is 2. The first-order chi connectivity index (χ1) is 10.1. The van der Waals surface area contributed by atoms with Crippen LogP contribution in [-0.4, -0.2) is 35.7 Å². The lowest BCUT2D eigenvalue weighted by molar-refractivity contribution is 0.291. The van der Waals surface area contributed by atoms with Crippen LogP contribution in [0.5, 0.6) is 11.8 Å². The van der Waals surface area contributed by atoms with E-state index in [1.165, 1.54) is 0 Å². The van der Waals surface area contributed by atoms with Gasteiger partial charge in [0.15, 0.2) is 0 Å². The van der Waals surface area contributed by atoms with Crippen LogP contribution in [0.4, 0.5) is 11.6 Å². The van der Waals surface area contributed by atoms with E-state index in [-0.39, 0.29) is 11.3 Å². The third-order valence-electron chi connectivity index (χ3n) is 2.77. The summed E-state index contributed by atoms with van der Waals surface area (Å²) in [4.78, 5) is 14.1. The van der Waals surface area contributed by atoms with Crippen molar-refractivity contribution < 1.29 is 9.47 Å². The van der Waals surface area contributed by atoms with E-state index in [2.05, 4.69) is 15.0 Å². The van der Waals surface area contributed by atoms with Gasteiger partial charge in [-0.1, -0.05) is 6.92 Å². The Kier molecular flexibility index (Phi) is 5.16. The Labute approximate surface area is 128 Å². The molecule has 0 amide bonds. The second-order valence-electron chi connectivity index (χ2n) is 4.29. The molecule has 0 saturated heterocycles. The van der Waals surface area contributed by atoms with Crippen molar-refractivity contribution in [1.82, 2.24) is 15.0 Å². The first kappa shape index (κ1) is 15.3. The van der Waals surface area contributed by atoms with Crippen molar-refractivity contribution in [2.45, 2.75) is 13.3 Å². The van der Waals surface area contributed by atoms with Crippen molar-refractivity contribution in [2.24, 2.45) is 0 Å². The van der Waals surface area contributed by atoms with Crippen molar-refractivity contribution in [3.8, 4) is 11.8 Å². The summed E-state index contributed by atoms with van der Waals surface area (Å²) in [6, 6.07) is 7.77. The summed E-state index contributed by atoms with van der Waals surface area (Å²) in [5.74, 6) is 1.21. The Morgan fingerprint density at radius 3 is 2.48 bits per heavy atom. The number of aromatic nitrogens is 3. The predicted molar refractivity (Wildman–Crippen MR) is 81.7 cm³/mol. The SMILES string of the molecule is CCCOc1nc(Cl)nc(N(C)c2ccc(OC)cc2)n1. The molecule has 0 atom stereocenters. The van der Waals surface area contributed by atoms with E-state index < -0.39 is 0 Å². The highest BCUT2D eigenvalue weighted by atomic mass is 35.5. The third-order valence-corrected chi connectivity index (χ3v) is 2.94. The Hall–Kier alpha value is -2.08. The molecule has 2 aromatic rings. The molecular weight excluding hydrogens is 292 g/mol. The number of methoxy groups -OCH3 is 1. The molecule has 7 heteroatoms. The molecule has 0 saturated carbocycles. The van der Waals surface area contributed by atoms with Gasteiger partial charge in [0.1, 0.15) is 5.75 Å². The summed E-state index contributed by atoms with van der Waals surface area (Å²) < 4.78 is 10.5. The molecule has 0 spiro atoms. The lowest BCUT2D eigenvalue weighted by Gasteiger charge is -2.17. The first-order valence-electron chi connectivity index (χ1n) is 6.56. The molecule has 0 fully saturated rings. The number of halogens is 1. The van der Waals surface area contributed by atoms with Gasteiger partial charge in [-0.05, 0) is 42.3 Å². The number of hydrogen-bond acceptors (Lipinski definition) is 6. The lowest BCUT2D eigenvalue weighted by Crippen LogP contribution is -2.14. The second-order valence-corrected chi connectivity index (χ2v) is 4.63. The van der Waals surface area contributed by atoms with E-state index in [9.17, 15) is 0 Å². The smallest absolute Gasteiger partial charge is 0.322 e. The maximum absolute atomic E-state index is 5.92. The molecule has 21 heavy (non-hydrogen) atoms. The van der Waals surface area contributed by atoms with Crippen molar-refractivity contribution in [1.29, 1.82) is 0 Å². The van der Waals surface area contributed by atoms with Gasteiger partial charge in [-0.3, -0.25) is 0 Å². The fourth-order valence-corrected chi connectivity index (χ4v) is 1.80. The molecule has 0 aliphatic rings. The van der Waals surface area contributed by atoms with Crippen molar-refractivity contribution in [2.75, 3.05) is 25.7 Å². The van der Waals surface area contributed by atoms with Gasteiger partial charge in [0, 0.05) is 12.7 Å². The number of hydrogen-bond donors (Lipinski definition) is 0. The van der Waals surface area contributed by atoms with E-state index in [0.717, 1.165) is 17.9 Å². The average molecular weight is 309 g/mol. The highest BCUT2D eigenvalue weighted by molar-refractivity contribution is 6.28. The Bertz CT molecular complexity index is 592. The van der Waals surface area contributed by atoms with Gasteiger partial charge in [0.05, 0.1) is 13.7 Å². The quantitative estimate of drug-likeness (QED) is 0.817. The second kappa shape index (κ2) is 7.08. The molecule has 1 aromatic carbocycles.